The molecule has 0 bridgehead atoms. The molecule has 0 N–H and O–H groups in total. The third kappa shape index (κ3) is 2.96. The summed E-state index contributed by atoms with van der Waals surface area (Å²) in [5.41, 5.74) is 1.80. The molecule has 0 spiro atoms. The lowest BCUT2D eigenvalue weighted by molar-refractivity contribution is 0.0562. The number of benzene rings is 1. The molecular weight excluding hydrogens is 306 g/mol. The molecule has 0 atom stereocenters. The van der Waals surface area contributed by atoms with Gasteiger partial charge in [-0.2, -0.15) is 0 Å². The van der Waals surface area contributed by atoms with Gasteiger partial charge in [-0.1, -0.05) is 23.9 Å². The molecule has 0 saturated carbocycles. The van der Waals surface area contributed by atoms with E-state index in [-0.39, 0.29) is 5.76 Å². The number of carbonyl (C=O) groups is 1. The van der Waals surface area contributed by atoms with Crippen molar-refractivity contribution in [2.24, 2.45) is 0 Å². The van der Waals surface area contributed by atoms with E-state index in [0.717, 1.165) is 21.2 Å². The predicted molar refractivity (Wildman–Crippen MR) is 84.0 cm³/mol. The van der Waals surface area contributed by atoms with E-state index in [4.69, 9.17) is 4.42 Å². The largest absolute Gasteiger partial charge is 0.463 e. The molecule has 0 saturated heterocycles. The lowest BCUT2D eigenvalue weighted by atomic mass is 10.3. The molecule has 0 amide bonds. The molecule has 2 aromatic heterocycles. The van der Waals surface area contributed by atoms with Gasteiger partial charge in [0.1, 0.15) is 5.76 Å². The van der Waals surface area contributed by atoms with Crippen molar-refractivity contribution in [3.8, 4) is 0 Å². The van der Waals surface area contributed by atoms with Crippen molar-refractivity contribution in [1.29, 1.82) is 0 Å². The molecule has 4 nitrogen and oxygen atoms in total. The monoisotopic (exact) mass is 319 g/mol. The summed E-state index contributed by atoms with van der Waals surface area (Å²) in [5.74, 6) is 1.22. The van der Waals surface area contributed by atoms with Crippen LogP contribution >= 0.6 is 23.1 Å². The Balaban J connectivity index is 1.74. The number of fused-ring (bicyclic) bond motifs is 1. The summed E-state index contributed by atoms with van der Waals surface area (Å²) in [6.07, 6.45) is 0. The fourth-order valence-electron chi connectivity index (χ4n) is 1.96. The summed E-state index contributed by atoms with van der Waals surface area (Å²) in [6, 6.07) is 9.92. The minimum absolute atomic E-state index is 0.275. The van der Waals surface area contributed by atoms with Crippen molar-refractivity contribution in [2.45, 2.75) is 17.0 Å². The molecule has 2 heterocycles. The lowest BCUT2D eigenvalue weighted by Crippen LogP contribution is -2.00. The molecule has 0 aliphatic heterocycles. The number of hydrogen-bond donors (Lipinski definition) is 0. The highest BCUT2D eigenvalue weighted by Crippen LogP contribution is 2.32. The molecule has 3 aromatic rings. The van der Waals surface area contributed by atoms with Crippen LogP contribution in [0.25, 0.3) is 10.2 Å². The Bertz CT molecular complexity index is 758. The van der Waals surface area contributed by atoms with Gasteiger partial charge in [0.2, 0.25) is 5.76 Å². The first-order valence-electron chi connectivity index (χ1n) is 6.33. The molecule has 3 rings (SSSR count). The highest BCUT2D eigenvalue weighted by molar-refractivity contribution is 8.00. The first-order chi connectivity index (χ1) is 10.2. The zero-order valence-corrected chi connectivity index (χ0v) is 13.2. The van der Waals surface area contributed by atoms with Gasteiger partial charge in [-0.25, -0.2) is 9.78 Å². The van der Waals surface area contributed by atoms with Crippen molar-refractivity contribution in [1.82, 2.24) is 4.98 Å². The minimum Gasteiger partial charge on any atom is -0.463 e. The van der Waals surface area contributed by atoms with Gasteiger partial charge in [0.25, 0.3) is 0 Å². The summed E-state index contributed by atoms with van der Waals surface area (Å²) >= 11 is 3.26. The second kappa shape index (κ2) is 5.91. The molecule has 6 heteroatoms. The standard InChI is InChI=1S/C15H13NO3S2/c1-9-7-10(19-13(9)14(17)18-2)8-20-15-16-11-5-3-4-6-12(11)21-15/h3-7H,8H2,1-2H3. The smallest absolute Gasteiger partial charge is 0.374 e. The fraction of sp³-hybridized carbons (Fsp3) is 0.200. The third-order valence-corrected chi connectivity index (χ3v) is 5.15. The van der Waals surface area contributed by atoms with Crippen LogP contribution in [0.3, 0.4) is 0 Å². The lowest BCUT2D eigenvalue weighted by Gasteiger charge is -1.95. The SMILES string of the molecule is COC(=O)c1oc(CSc2nc3ccccc3s2)cc1C. The van der Waals surface area contributed by atoms with Crippen LogP contribution in [0.15, 0.2) is 39.1 Å². The van der Waals surface area contributed by atoms with Crippen molar-refractivity contribution < 1.29 is 13.9 Å². The predicted octanol–water partition coefficient (Wildman–Crippen LogP) is 4.28. The number of thioether (sulfide) groups is 1. The van der Waals surface area contributed by atoms with Crippen LogP contribution in [0, 0.1) is 6.92 Å². The number of furan rings is 1. The number of aryl methyl sites for hydroxylation is 1. The van der Waals surface area contributed by atoms with Gasteiger partial charge in [0.05, 0.1) is 23.1 Å². The van der Waals surface area contributed by atoms with Gasteiger partial charge in [0, 0.05) is 5.56 Å². The Morgan fingerprint density at radius 3 is 3.00 bits per heavy atom. The average molecular weight is 319 g/mol. The zero-order valence-electron chi connectivity index (χ0n) is 11.6. The molecule has 0 aliphatic carbocycles. The number of ether oxygens (including phenoxy) is 1. The molecule has 0 fully saturated rings. The van der Waals surface area contributed by atoms with Crippen molar-refractivity contribution in [2.75, 3.05) is 7.11 Å². The van der Waals surface area contributed by atoms with Crippen LogP contribution in [0.2, 0.25) is 0 Å². The Morgan fingerprint density at radius 1 is 1.43 bits per heavy atom. The van der Waals surface area contributed by atoms with Gasteiger partial charge in [-0.3, -0.25) is 0 Å². The topological polar surface area (TPSA) is 52.3 Å². The number of carbonyl (C=O) groups excluding carboxylic acids is 1. The third-order valence-electron chi connectivity index (χ3n) is 2.95. The fourth-order valence-corrected chi connectivity index (χ4v) is 3.91. The van der Waals surface area contributed by atoms with E-state index in [1.54, 1.807) is 23.1 Å². The van der Waals surface area contributed by atoms with Crippen LogP contribution in [0.1, 0.15) is 21.9 Å². The maximum absolute atomic E-state index is 11.5. The van der Waals surface area contributed by atoms with Crippen LogP contribution in [0.5, 0.6) is 0 Å². The number of esters is 1. The first kappa shape index (κ1) is 14.2. The molecule has 0 unspecified atom stereocenters. The van der Waals surface area contributed by atoms with E-state index in [1.165, 1.54) is 11.8 Å². The van der Waals surface area contributed by atoms with Crippen molar-refractivity contribution in [3.05, 3.63) is 47.4 Å². The number of para-hydroxylation sites is 1. The van der Waals surface area contributed by atoms with Crippen LogP contribution in [-0.4, -0.2) is 18.1 Å². The van der Waals surface area contributed by atoms with Crippen molar-refractivity contribution in [3.63, 3.8) is 0 Å². The molecule has 0 radical (unpaired) electrons. The van der Waals surface area contributed by atoms with Crippen molar-refractivity contribution >= 4 is 39.3 Å². The maximum Gasteiger partial charge on any atom is 0.374 e. The van der Waals surface area contributed by atoms with Crippen LogP contribution in [0.4, 0.5) is 0 Å². The number of methoxy groups -OCH3 is 1. The van der Waals surface area contributed by atoms with Gasteiger partial charge in [0.15, 0.2) is 4.34 Å². The normalized spacial score (nSPS) is 11.0. The summed E-state index contributed by atoms with van der Waals surface area (Å²) < 4.78 is 12.4. The molecular formula is C15H13NO3S2. The summed E-state index contributed by atoms with van der Waals surface area (Å²) in [5, 5.41) is 0. The number of rotatable bonds is 4. The number of nitrogens with zero attached hydrogens (tertiary/aromatic N) is 1. The van der Waals surface area contributed by atoms with Gasteiger partial charge >= 0.3 is 5.97 Å². The Hall–Kier alpha value is -1.79. The van der Waals surface area contributed by atoms with Gasteiger partial charge in [-0.15, -0.1) is 11.3 Å². The van der Waals surface area contributed by atoms with E-state index in [2.05, 4.69) is 15.8 Å². The van der Waals surface area contributed by atoms with E-state index in [1.807, 2.05) is 31.2 Å². The van der Waals surface area contributed by atoms with E-state index in [0.29, 0.717) is 5.75 Å². The highest BCUT2D eigenvalue weighted by atomic mass is 32.2. The zero-order chi connectivity index (χ0) is 14.8. The Labute approximate surface area is 130 Å². The highest BCUT2D eigenvalue weighted by Gasteiger charge is 2.16. The second-order valence-electron chi connectivity index (χ2n) is 4.45. The molecule has 108 valence electrons. The van der Waals surface area contributed by atoms with Gasteiger partial charge in [-0.05, 0) is 25.1 Å². The van der Waals surface area contributed by atoms with Crippen LogP contribution < -0.4 is 0 Å². The quantitative estimate of drug-likeness (QED) is 0.531. The van der Waals surface area contributed by atoms with E-state index >= 15 is 0 Å². The number of hydrogen-bond acceptors (Lipinski definition) is 6. The molecule has 1 aromatic carbocycles. The van der Waals surface area contributed by atoms with Crippen LogP contribution in [-0.2, 0) is 10.5 Å². The molecule has 0 aliphatic rings. The maximum atomic E-state index is 11.5. The summed E-state index contributed by atoms with van der Waals surface area (Å²) in [7, 11) is 1.35. The minimum atomic E-state index is -0.441. The average Bonchev–Trinajstić information content (AvgIpc) is 3.07. The summed E-state index contributed by atoms with van der Waals surface area (Å²) in [4.78, 5) is 16.1. The number of aromatic nitrogens is 1. The summed E-state index contributed by atoms with van der Waals surface area (Å²) in [6.45, 7) is 1.83. The first-order valence-corrected chi connectivity index (χ1v) is 8.13. The second-order valence-corrected chi connectivity index (χ2v) is 6.71. The van der Waals surface area contributed by atoms with E-state index < -0.39 is 5.97 Å². The Kier molecular flexibility index (Phi) is 3.98. The Morgan fingerprint density at radius 2 is 2.24 bits per heavy atom. The number of thiazole rings is 1. The van der Waals surface area contributed by atoms with E-state index in [9.17, 15) is 4.79 Å². The molecule has 21 heavy (non-hydrogen) atoms. The van der Waals surface area contributed by atoms with Gasteiger partial charge < -0.3 is 9.15 Å².